The molecule has 2 aromatic rings. The first kappa shape index (κ1) is 16.0. The van der Waals surface area contributed by atoms with E-state index in [9.17, 15) is 9.18 Å². The second-order valence-corrected chi connectivity index (χ2v) is 7.03. The van der Waals surface area contributed by atoms with Crippen molar-refractivity contribution in [2.75, 3.05) is 0 Å². The Kier molecular flexibility index (Phi) is 4.37. The smallest absolute Gasteiger partial charge is 0.266 e. The molecule has 118 valence electrons. The van der Waals surface area contributed by atoms with Crippen molar-refractivity contribution in [3.8, 4) is 11.3 Å². The summed E-state index contributed by atoms with van der Waals surface area (Å²) in [6.07, 6.45) is 1.67. The lowest BCUT2D eigenvalue weighted by Crippen LogP contribution is -2.34. The highest BCUT2D eigenvalue weighted by atomic mass is 32.2. The molecule has 0 N–H and O–H groups in total. The molecule has 0 atom stereocenters. The van der Waals surface area contributed by atoms with Crippen LogP contribution in [-0.4, -0.2) is 21.2 Å². The highest BCUT2D eigenvalue weighted by molar-refractivity contribution is 8.26. The molecule has 1 fully saturated rings. The molecule has 0 spiro atoms. The number of carbonyl (C=O) groups is 1. The molecule has 0 unspecified atom stereocenters. The van der Waals surface area contributed by atoms with Crippen LogP contribution in [0.15, 0.2) is 45.7 Å². The molecule has 0 bridgehead atoms. The number of rotatable bonds is 3. The number of hydrogen-bond donors (Lipinski definition) is 0. The van der Waals surface area contributed by atoms with Crippen LogP contribution in [0.2, 0.25) is 0 Å². The van der Waals surface area contributed by atoms with Crippen molar-refractivity contribution >= 4 is 40.3 Å². The first-order valence-electron chi connectivity index (χ1n) is 7.08. The van der Waals surface area contributed by atoms with Crippen molar-refractivity contribution < 1.29 is 13.6 Å². The molecule has 6 heteroatoms. The van der Waals surface area contributed by atoms with Crippen LogP contribution in [0, 0.1) is 5.82 Å². The molecular weight excluding hydrogens is 333 g/mol. The maximum Gasteiger partial charge on any atom is 0.266 e. The van der Waals surface area contributed by atoms with Gasteiger partial charge in [0.15, 0.2) is 0 Å². The van der Waals surface area contributed by atoms with E-state index >= 15 is 0 Å². The number of halogens is 1. The van der Waals surface area contributed by atoms with E-state index in [1.165, 1.54) is 23.9 Å². The summed E-state index contributed by atoms with van der Waals surface area (Å²) >= 11 is 6.50. The summed E-state index contributed by atoms with van der Waals surface area (Å²) in [7, 11) is 0. The van der Waals surface area contributed by atoms with Crippen LogP contribution in [-0.2, 0) is 4.79 Å². The second-order valence-electron chi connectivity index (χ2n) is 5.36. The number of carbonyl (C=O) groups excluding carboxylic acids is 1. The minimum Gasteiger partial charge on any atom is -0.457 e. The molecule has 1 aromatic carbocycles. The van der Waals surface area contributed by atoms with Gasteiger partial charge in [-0.1, -0.05) is 36.1 Å². The topological polar surface area (TPSA) is 33.5 Å². The van der Waals surface area contributed by atoms with Gasteiger partial charge in [0.25, 0.3) is 5.91 Å². The molecule has 0 aliphatic carbocycles. The molecule has 0 radical (unpaired) electrons. The summed E-state index contributed by atoms with van der Waals surface area (Å²) in [6, 6.07) is 9.70. The van der Waals surface area contributed by atoms with Gasteiger partial charge in [-0.15, -0.1) is 0 Å². The fourth-order valence-corrected chi connectivity index (χ4v) is 3.79. The predicted molar refractivity (Wildman–Crippen MR) is 94.3 cm³/mol. The maximum atomic E-state index is 13.3. The van der Waals surface area contributed by atoms with E-state index in [0.717, 1.165) is 0 Å². The predicted octanol–water partition coefficient (Wildman–Crippen LogP) is 4.70. The van der Waals surface area contributed by atoms with Crippen molar-refractivity contribution in [3.05, 3.63) is 52.9 Å². The first-order valence-corrected chi connectivity index (χ1v) is 8.31. The van der Waals surface area contributed by atoms with Crippen molar-refractivity contribution in [2.24, 2.45) is 0 Å². The van der Waals surface area contributed by atoms with Crippen LogP contribution in [0.3, 0.4) is 0 Å². The molecule has 0 saturated carbocycles. The Balaban J connectivity index is 1.87. The van der Waals surface area contributed by atoms with E-state index in [0.29, 0.717) is 26.3 Å². The molecular formula is C17H14FNO2S2. The van der Waals surface area contributed by atoms with Crippen molar-refractivity contribution in [1.82, 2.24) is 4.90 Å². The molecule has 23 heavy (non-hydrogen) atoms. The molecule has 1 aromatic heterocycles. The summed E-state index contributed by atoms with van der Waals surface area (Å²) in [5.74, 6) is 0.653. The number of furan rings is 1. The van der Waals surface area contributed by atoms with E-state index < -0.39 is 0 Å². The summed E-state index contributed by atoms with van der Waals surface area (Å²) in [6.45, 7) is 3.84. The Hall–Kier alpha value is -1.92. The Morgan fingerprint density at radius 2 is 2.09 bits per heavy atom. The zero-order valence-corrected chi connectivity index (χ0v) is 14.2. The Morgan fingerprint density at radius 3 is 2.74 bits per heavy atom. The SMILES string of the molecule is CC(C)N1C(=O)/C(=C\c2ccc(-c3cccc(F)c3)o2)SC1=S. The van der Waals surface area contributed by atoms with E-state index in [2.05, 4.69) is 0 Å². The fraction of sp³-hybridized carbons (Fsp3) is 0.176. The normalized spacial score (nSPS) is 16.9. The van der Waals surface area contributed by atoms with Crippen molar-refractivity contribution in [2.45, 2.75) is 19.9 Å². The highest BCUT2D eigenvalue weighted by Crippen LogP contribution is 2.34. The van der Waals surface area contributed by atoms with Gasteiger partial charge in [-0.25, -0.2) is 4.39 Å². The minimum absolute atomic E-state index is 0.0212. The fourth-order valence-electron chi connectivity index (χ4n) is 2.28. The van der Waals surface area contributed by atoms with Crippen LogP contribution in [0.25, 0.3) is 17.4 Å². The Labute approximate surface area is 143 Å². The standard InChI is InChI=1S/C17H14FNO2S2/c1-10(2)19-16(20)15(23-17(19)22)9-13-6-7-14(21-13)11-4-3-5-12(18)8-11/h3-10H,1-2H3/b15-9+. The lowest BCUT2D eigenvalue weighted by Gasteiger charge is -2.18. The third-order valence-electron chi connectivity index (χ3n) is 3.35. The minimum atomic E-state index is -0.321. The van der Waals surface area contributed by atoms with E-state index in [1.807, 2.05) is 13.8 Å². The number of nitrogens with zero attached hydrogens (tertiary/aromatic N) is 1. The van der Waals surface area contributed by atoms with E-state index in [4.69, 9.17) is 16.6 Å². The van der Waals surface area contributed by atoms with Gasteiger partial charge in [-0.3, -0.25) is 9.69 Å². The Bertz CT molecular complexity index is 810. The van der Waals surface area contributed by atoms with Crippen LogP contribution in [0.4, 0.5) is 4.39 Å². The van der Waals surface area contributed by atoms with Crippen LogP contribution in [0.5, 0.6) is 0 Å². The molecule has 2 heterocycles. The van der Waals surface area contributed by atoms with Gasteiger partial charge >= 0.3 is 0 Å². The summed E-state index contributed by atoms with van der Waals surface area (Å²) in [5.41, 5.74) is 0.652. The molecule has 1 saturated heterocycles. The summed E-state index contributed by atoms with van der Waals surface area (Å²) in [5, 5.41) is 0. The average molecular weight is 347 g/mol. The number of thiocarbonyl (C=S) groups is 1. The van der Waals surface area contributed by atoms with Crippen LogP contribution < -0.4 is 0 Å². The lowest BCUT2D eigenvalue weighted by molar-refractivity contribution is -0.123. The van der Waals surface area contributed by atoms with Gasteiger partial charge in [0.05, 0.1) is 4.91 Å². The maximum absolute atomic E-state index is 13.3. The Morgan fingerprint density at radius 1 is 1.30 bits per heavy atom. The number of hydrogen-bond acceptors (Lipinski definition) is 4. The zero-order valence-electron chi connectivity index (χ0n) is 12.6. The number of benzene rings is 1. The zero-order chi connectivity index (χ0) is 16.6. The van der Waals surface area contributed by atoms with Gasteiger partial charge < -0.3 is 4.42 Å². The summed E-state index contributed by atoms with van der Waals surface area (Å²) in [4.78, 5) is 14.5. The second kappa shape index (κ2) is 6.29. The lowest BCUT2D eigenvalue weighted by atomic mass is 10.2. The number of thioether (sulfide) groups is 1. The largest absolute Gasteiger partial charge is 0.457 e. The highest BCUT2D eigenvalue weighted by Gasteiger charge is 2.33. The van der Waals surface area contributed by atoms with Crippen molar-refractivity contribution in [1.29, 1.82) is 0 Å². The van der Waals surface area contributed by atoms with Crippen LogP contribution in [0.1, 0.15) is 19.6 Å². The van der Waals surface area contributed by atoms with Gasteiger partial charge in [0.1, 0.15) is 21.7 Å². The molecule has 3 nitrogen and oxygen atoms in total. The van der Waals surface area contributed by atoms with E-state index in [1.54, 1.807) is 35.2 Å². The third-order valence-corrected chi connectivity index (χ3v) is 4.68. The average Bonchev–Trinajstić information content (AvgIpc) is 3.05. The molecule has 1 aliphatic heterocycles. The quantitative estimate of drug-likeness (QED) is 0.595. The van der Waals surface area contributed by atoms with Gasteiger partial charge in [0, 0.05) is 17.7 Å². The van der Waals surface area contributed by atoms with Gasteiger partial charge in [-0.05, 0) is 38.1 Å². The third kappa shape index (κ3) is 3.23. The monoisotopic (exact) mass is 347 g/mol. The van der Waals surface area contributed by atoms with Crippen LogP contribution >= 0.6 is 24.0 Å². The first-order chi connectivity index (χ1) is 11.0. The molecule has 1 aliphatic rings. The molecule has 3 rings (SSSR count). The number of amides is 1. The summed E-state index contributed by atoms with van der Waals surface area (Å²) < 4.78 is 19.5. The van der Waals surface area contributed by atoms with Gasteiger partial charge in [-0.2, -0.15) is 0 Å². The van der Waals surface area contributed by atoms with Crippen molar-refractivity contribution in [3.63, 3.8) is 0 Å². The molecule has 1 amide bonds. The van der Waals surface area contributed by atoms with E-state index in [-0.39, 0.29) is 17.8 Å². The van der Waals surface area contributed by atoms with Gasteiger partial charge in [0.2, 0.25) is 0 Å².